The highest BCUT2D eigenvalue weighted by atomic mass is 35.5. The van der Waals surface area contributed by atoms with E-state index in [4.69, 9.17) is 27.9 Å². The van der Waals surface area contributed by atoms with Crippen LogP contribution in [0.15, 0.2) is 42.5 Å². The molecule has 0 fully saturated rings. The average Bonchev–Trinajstić information content (AvgIpc) is 2.49. The van der Waals surface area contributed by atoms with Crippen LogP contribution in [-0.2, 0) is 6.42 Å². The first-order valence-corrected chi connectivity index (χ1v) is 7.67. The summed E-state index contributed by atoms with van der Waals surface area (Å²) in [6, 6.07) is 13.9. The molecule has 0 spiro atoms. The van der Waals surface area contributed by atoms with Gasteiger partial charge in [0.25, 0.3) is 0 Å². The quantitative estimate of drug-likeness (QED) is 0.816. The van der Waals surface area contributed by atoms with E-state index >= 15 is 0 Å². The first-order chi connectivity index (χ1) is 10.1. The van der Waals surface area contributed by atoms with Gasteiger partial charge in [0.2, 0.25) is 0 Å². The van der Waals surface area contributed by atoms with Gasteiger partial charge in [0.05, 0.1) is 7.11 Å². The van der Waals surface area contributed by atoms with Crippen LogP contribution in [0.2, 0.25) is 10.0 Å². The van der Waals surface area contributed by atoms with E-state index in [1.54, 1.807) is 13.2 Å². The molecule has 0 heterocycles. The van der Waals surface area contributed by atoms with Crippen molar-refractivity contribution < 1.29 is 4.74 Å². The largest absolute Gasteiger partial charge is 0.496 e. The Morgan fingerprint density at radius 3 is 2.62 bits per heavy atom. The van der Waals surface area contributed by atoms with E-state index in [1.807, 2.05) is 30.3 Å². The van der Waals surface area contributed by atoms with Crippen molar-refractivity contribution in [1.29, 1.82) is 0 Å². The molecule has 112 valence electrons. The molecule has 2 nitrogen and oxygen atoms in total. The maximum atomic E-state index is 6.18. The molecular weight excluding hydrogens is 305 g/mol. The predicted octanol–water partition coefficient (Wildman–Crippen LogP) is 4.90. The Hall–Kier alpha value is -1.22. The summed E-state index contributed by atoms with van der Waals surface area (Å²) in [5.41, 5.74) is 2.25. The molecule has 21 heavy (non-hydrogen) atoms. The number of para-hydroxylation sites is 1. The lowest BCUT2D eigenvalue weighted by Gasteiger charge is -2.17. The molecule has 0 saturated carbocycles. The smallest absolute Gasteiger partial charge is 0.123 e. The van der Waals surface area contributed by atoms with Crippen LogP contribution in [0.3, 0.4) is 0 Å². The van der Waals surface area contributed by atoms with Crippen molar-refractivity contribution in [3.05, 3.63) is 63.6 Å². The minimum Gasteiger partial charge on any atom is -0.496 e. The van der Waals surface area contributed by atoms with Crippen molar-refractivity contribution in [2.75, 3.05) is 13.7 Å². The van der Waals surface area contributed by atoms with Crippen LogP contribution >= 0.6 is 23.2 Å². The second-order valence-corrected chi connectivity index (χ2v) is 5.75. The third-order valence-electron chi connectivity index (χ3n) is 3.47. The Labute approximate surface area is 136 Å². The molecule has 0 saturated heterocycles. The first kappa shape index (κ1) is 16.2. The third-order valence-corrected chi connectivity index (χ3v) is 4.05. The first-order valence-electron chi connectivity index (χ1n) is 6.92. The standard InChI is InChI=1S/C17H19Cl2NO/c1-12(15-5-3-4-6-17(15)21-2)20-10-9-13-7-8-14(18)11-16(13)19/h3-8,11-12,20H,9-10H2,1-2H3. The average molecular weight is 324 g/mol. The lowest BCUT2D eigenvalue weighted by Crippen LogP contribution is -2.21. The molecule has 1 atom stereocenters. The number of rotatable bonds is 6. The zero-order chi connectivity index (χ0) is 15.2. The van der Waals surface area contributed by atoms with Gasteiger partial charge >= 0.3 is 0 Å². The number of hydrogen-bond acceptors (Lipinski definition) is 2. The predicted molar refractivity (Wildman–Crippen MR) is 89.6 cm³/mol. The van der Waals surface area contributed by atoms with Crippen LogP contribution in [0.25, 0.3) is 0 Å². The van der Waals surface area contributed by atoms with Crippen LogP contribution in [0, 0.1) is 0 Å². The molecule has 0 aliphatic carbocycles. The molecule has 0 amide bonds. The molecule has 0 aliphatic rings. The van der Waals surface area contributed by atoms with Gasteiger partial charge in [0.1, 0.15) is 5.75 Å². The Kier molecular flexibility index (Phi) is 5.92. The number of benzene rings is 2. The minimum absolute atomic E-state index is 0.215. The van der Waals surface area contributed by atoms with Gasteiger partial charge < -0.3 is 10.1 Å². The lowest BCUT2D eigenvalue weighted by atomic mass is 10.1. The van der Waals surface area contributed by atoms with Gasteiger partial charge in [-0.15, -0.1) is 0 Å². The van der Waals surface area contributed by atoms with Gasteiger partial charge in [-0.2, -0.15) is 0 Å². The summed E-state index contributed by atoms with van der Waals surface area (Å²) < 4.78 is 5.39. The molecule has 0 radical (unpaired) electrons. The number of halogens is 2. The van der Waals surface area contributed by atoms with E-state index < -0.39 is 0 Å². The Morgan fingerprint density at radius 1 is 1.14 bits per heavy atom. The van der Waals surface area contributed by atoms with Crippen molar-refractivity contribution in [1.82, 2.24) is 5.32 Å². The maximum Gasteiger partial charge on any atom is 0.123 e. The van der Waals surface area contributed by atoms with E-state index in [1.165, 1.54) is 0 Å². The number of hydrogen-bond donors (Lipinski definition) is 1. The van der Waals surface area contributed by atoms with Crippen molar-refractivity contribution in [3.8, 4) is 5.75 Å². The fraction of sp³-hybridized carbons (Fsp3) is 0.294. The molecule has 0 aliphatic heterocycles. The zero-order valence-corrected chi connectivity index (χ0v) is 13.7. The Bertz CT molecular complexity index is 601. The van der Waals surface area contributed by atoms with Crippen LogP contribution < -0.4 is 10.1 Å². The summed E-state index contributed by atoms with van der Waals surface area (Å²) in [6.07, 6.45) is 0.857. The molecule has 4 heteroatoms. The third kappa shape index (κ3) is 4.37. The summed E-state index contributed by atoms with van der Waals surface area (Å²) in [5, 5.41) is 4.88. The van der Waals surface area contributed by atoms with Gasteiger partial charge in [-0.05, 0) is 43.7 Å². The summed E-state index contributed by atoms with van der Waals surface area (Å²) in [6.45, 7) is 2.96. The van der Waals surface area contributed by atoms with Crippen LogP contribution in [0.4, 0.5) is 0 Å². The summed E-state index contributed by atoms with van der Waals surface area (Å²) in [7, 11) is 1.69. The highest BCUT2D eigenvalue weighted by Gasteiger charge is 2.10. The second-order valence-electron chi connectivity index (χ2n) is 4.90. The van der Waals surface area contributed by atoms with Gasteiger partial charge in [-0.25, -0.2) is 0 Å². The molecule has 0 aromatic heterocycles. The number of ether oxygens (including phenoxy) is 1. The molecule has 0 bridgehead atoms. The maximum absolute atomic E-state index is 6.18. The highest BCUT2D eigenvalue weighted by Crippen LogP contribution is 2.25. The summed E-state index contributed by atoms with van der Waals surface area (Å²) >= 11 is 12.1. The molecular formula is C17H19Cl2NO. The molecule has 2 aromatic carbocycles. The van der Waals surface area contributed by atoms with Gasteiger partial charge in [-0.1, -0.05) is 47.5 Å². The molecule has 2 aromatic rings. The Morgan fingerprint density at radius 2 is 1.90 bits per heavy atom. The molecule has 2 rings (SSSR count). The number of methoxy groups -OCH3 is 1. The van der Waals surface area contributed by atoms with E-state index in [9.17, 15) is 0 Å². The van der Waals surface area contributed by atoms with Gasteiger partial charge in [0.15, 0.2) is 0 Å². The van der Waals surface area contributed by atoms with Crippen molar-refractivity contribution in [3.63, 3.8) is 0 Å². The fourth-order valence-electron chi connectivity index (χ4n) is 2.28. The van der Waals surface area contributed by atoms with E-state index in [0.717, 1.165) is 29.8 Å². The van der Waals surface area contributed by atoms with Crippen molar-refractivity contribution >= 4 is 23.2 Å². The fourth-order valence-corrected chi connectivity index (χ4v) is 2.78. The monoisotopic (exact) mass is 323 g/mol. The topological polar surface area (TPSA) is 21.3 Å². The van der Waals surface area contributed by atoms with E-state index in [-0.39, 0.29) is 6.04 Å². The van der Waals surface area contributed by atoms with Crippen LogP contribution in [0.1, 0.15) is 24.1 Å². The Balaban J connectivity index is 1.93. The van der Waals surface area contributed by atoms with Gasteiger partial charge in [-0.3, -0.25) is 0 Å². The highest BCUT2D eigenvalue weighted by molar-refractivity contribution is 6.35. The van der Waals surface area contributed by atoms with E-state index in [2.05, 4.69) is 18.3 Å². The minimum atomic E-state index is 0.215. The number of nitrogens with one attached hydrogen (secondary N) is 1. The van der Waals surface area contributed by atoms with Gasteiger partial charge in [0, 0.05) is 21.7 Å². The molecule has 1 N–H and O–H groups in total. The summed E-state index contributed by atoms with van der Waals surface area (Å²) in [5.74, 6) is 0.905. The zero-order valence-electron chi connectivity index (χ0n) is 12.2. The second kappa shape index (κ2) is 7.69. The van der Waals surface area contributed by atoms with Crippen molar-refractivity contribution in [2.24, 2.45) is 0 Å². The normalized spacial score (nSPS) is 12.2. The summed E-state index contributed by atoms with van der Waals surface area (Å²) in [4.78, 5) is 0. The lowest BCUT2D eigenvalue weighted by molar-refractivity contribution is 0.402. The van der Waals surface area contributed by atoms with Crippen LogP contribution in [-0.4, -0.2) is 13.7 Å². The van der Waals surface area contributed by atoms with Crippen molar-refractivity contribution in [2.45, 2.75) is 19.4 Å². The van der Waals surface area contributed by atoms with Crippen LogP contribution in [0.5, 0.6) is 5.75 Å². The molecule has 1 unspecified atom stereocenters. The SMILES string of the molecule is COc1ccccc1C(C)NCCc1ccc(Cl)cc1Cl. The van der Waals surface area contributed by atoms with E-state index in [0.29, 0.717) is 10.0 Å².